The second kappa shape index (κ2) is 4.91. The largest absolute Gasteiger partial charge is 0.308 e. The first-order valence-corrected chi connectivity index (χ1v) is 7.01. The number of benzene rings is 2. The standard InChI is InChI=1S/C19H14N2/c1-2-9-16(10-3-1)21-18-12-5-4-8-15(18)14-19(21)17-11-6-7-13-20-17/h1-14H. The molecule has 0 N–H and O–H groups in total. The lowest BCUT2D eigenvalue weighted by atomic mass is 10.2. The van der Waals surface area contributed by atoms with Gasteiger partial charge in [0.2, 0.25) is 0 Å². The number of para-hydroxylation sites is 2. The van der Waals surface area contributed by atoms with Gasteiger partial charge in [-0.1, -0.05) is 42.5 Å². The fourth-order valence-electron chi connectivity index (χ4n) is 2.71. The summed E-state index contributed by atoms with van der Waals surface area (Å²) in [7, 11) is 0. The highest BCUT2D eigenvalue weighted by Crippen LogP contribution is 2.30. The Morgan fingerprint density at radius 3 is 2.29 bits per heavy atom. The average molecular weight is 270 g/mol. The third kappa shape index (κ3) is 2.01. The van der Waals surface area contributed by atoms with Crippen molar-refractivity contribution in [3.63, 3.8) is 0 Å². The number of hydrogen-bond acceptors (Lipinski definition) is 1. The van der Waals surface area contributed by atoms with Gasteiger partial charge < -0.3 is 4.57 Å². The molecule has 4 rings (SSSR count). The fraction of sp³-hybridized carbons (Fsp3) is 0. The molecule has 0 aliphatic rings. The number of pyridine rings is 1. The van der Waals surface area contributed by atoms with Gasteiger partial charge in [0.05, 0.1) is 16.9 Å². The Morgan fingerprint density at radius 1 is 0.714 bits per heavy atom. The molecule has 0 radical (unpaired) electrons. The van der Waals surface area contributed by atoms with Crippen LogP contribution in [0.4, 0.5) is 0 Å². The zero-order valence-corrected chi connectivity index (χ0v) is 11.5. The highest BCUT2D eigenvalue weighted by Gasteiger charge is 2.12. The van der Waals surface area contributed by atoms with E-state index in [1.807, 2.05) is 30.5 Å². The van der Waals surface area contributed by atoms with Crippen LogP contribution < -0.4 is 0 Å². The molecule has 2 nitrogen and oxygen atoms in total. The molecule has 0 fully saturated rings. The average Bonchev–Trinajstić information content (AvgIpc) is 2.96. The summed E-state index contributed by atoms with van der Waals surface area (Å²) in [6, 6.07) is 27.1. The molecule has 2 heterocycles. The summed E-state index contributed by atoms with van der Waals surface area (Å²) in [6.07, 6.45) is 1.84. The van der Waals surface area contributed by atoms with E-state index in [4.69, 9.17) is 0 Å². The Balaban J connectivity index is 2.07. The molecular formula is C19H14N2. The Kier molecular flexibility index (Phi) is 2.79. The molecule has 0 aliphatic carbocycles. The Hall–Kier alpha value is -2.87. The van der Waals surface area contributed by atoms with Crippen LogP contribution in [0.2, 0.25) is 0 Å². The van der Waals surface area contributed by atoms with E-state index in [0.29, 0.717) is 0 Å². The maximum absolute atomic E-state index is 4.51. The summed E-state index contributed by atoms with van der Waals surface area (Å²) >= 11 is 0. The number of fused-ring (bicyclic) bond motifs is 1. The van der Waals surface area contributed by atoms with Crippen LogP contribution in [-0.2, 0) is 0 Å². The van der Waals surface area contributed by atoms with Crippen LogP contribution in [0, 0.1) is 0 Å². The lowest BCUT2D eigenvalue weighted by molar-refractivity contribution is 1.11. The van der Waals surface area contributed by atoms with Gasteiger partial charge in [-0.15, -0.1) is 0 Å². The van der Waals surface area contributed by atoms with E-state index in [0.717, 1.165) is 17.1 Å². The second-order valence-corrected chi connectivity index (χ2v) is 4.97. The number of rotatable bonds is 2. The lowest BCUT2D eigenvalue weighted by Crippen LogP contribution is -1.97. The summed E-state index contributed by atoms with van der Waals surface area (Å²) in [5.74, 6) is 0. The van der Waals surface area contributed by atoms with Crippen LogP contribution in [0.5, 0.6) is 0 Å². The normalized spacial score (nSPS) is 10.9. The number of hydrogen-bond donors (Lipinski definition) is 0. The van der Waals surface area contributed by atoms with Gasteiger partial charge >= 0.3 is 0 Å². The number of aromatic nitrogens is 2. The van der Waals surface area contributed by atoms with Gasteiger partial charge in [-0.2, -0.15) is 0 Å². The van der Waals surface area contributed by atoms with Crippen LogP contribution in [0.1, 0.15) is 0 Å². The lowest BCUT2D eigenvalue weighted by Gasteiger charge is -2.10. The van der Waals surface area contributed by atoms with Crippen LogP contribution in [-0.4, -0.2) is 9.55 Å². The minimum Gasteiger partial charge on any atom is -0.308 e. The monoisotopic (exact) mass is 270 g/mol. The van der Waals surface area contributed by atoms with Crippen molar-refractivity contribution < 1.29 is 0 Å². The van der Waals surface area contributed by atoms with Crippen molar-refractivity contribution in [2.24, 2.45) is 0 Å². The van der Waals surface area contributed by atoms with Gasteiger partial charge in [0.15, 0.2) is 0 Å². The fourth-order valence-corrected chi connectivity index (χ4v) is 2.71. The molecule has 0 saturated carbocycles. The van der Waals surface area contributed by atoms with E-state index in [1.54, 1.807) is 0 Å². The van der Waals surface area contributed by atoms with Crippen LogP contribution in [0.3, 0.4) is 0 Å². The van der Waals surface area contributed by atoms with Gasteiger partial charge in [0, 0.05) is 17.3 Å². The molecule has 100 valence electrons. The van der Waals surface area contributed by atoms with E-state index in [-0.39, 0.29) is 0 Å². The second-order valence-electron chi connectivity index (χ2n) is 4.97. The molecule has 0 aliphatic heterocycles. The Labute approximate surface area is 123 Å². The number of nitrogens with zero attached hydrogens (tertiary/aromatic N) is 2. The first kappa shape index (κ1) is 11.9. The SMILES string of the molecule is c1ccc(-n2c(-c3ccccn3)cc3ccccc32)cc1. The zero-order valence-electron chi connectivity index (χ0n) is 11.5. The van der Waals surface area contributed by atoms with Crippen molar-refractivity contribution in [1.82, 2.24) is 9.55 Å². The summed E-state index contributed by atoms with van der Waals surface area (Å²) in [5, 5.41) is 1.22. The zero-order chi connectivity index (χ0) is 14.1. The van der Waals surface area contributed by atoms with E-state index < -0.39 is 0 Å². The Bertz CT molecular complexity index is 877. The van der Waals surface area contributed by atoms with E-state index in [1.165, 1.54) is 10.9 Å². The molecule has 0 bridgehead atoms. The summed E-state index contributed by atoms with van der Waals surface area (Å²) in [5.41, 5.74) is 4.45. The van der Waals surface area contributed by atoms with Crippen molar-refractivity contribution in [3.8, 4) is 17.1 Å². The van der Waals surface area contributed by atoms with E-state index >= 15 is 0 Å². The topological polar surface area (TPSA) is 17.8 Å². The maximum Gasteiger partial charge on any atom is 0.0870 e. The molecule has 0 amide bonds. The van der Waals surface area contributed by atoms with Crippen molar-refractivity contribution in [3.05, 3.63) is 85.1 Å². The van der Waals surface area contributed by atoms with E-state index in [9.17, 15) is 0 Å². The maximum atomic E-state index is 4.51. The van der Waals surface area contributed by atoms with Crippen molar-refractivity contribution >= 4 is 10.9 Å². The van der Waals surface area contributed by atoms with Crippen molar-refractivity contribution in [1.29, 1.82) is 0 Å². The third-order valence-electron chi connectivity index (χ3n) is 3.65. The third-order valence-corrected chi connectivity index (χ3v) is 3.65. The first-order chi connectivity index (χ1) is 10.4. The molecule has 0 saturated heterocycles. The van der Waals surface area contributed by atoms with Crippen LogP contribution >= 0.6 is 0 Å². The summed E-state index contributed by atoms with van der Waals surface area (Å²) < 4.78 is 2.26. The molecule has 0 atom stereocenters. The van der Waals surface area contributed by atoms with Gasteiger partial charge in [-0.25, -0.2) is 0 Å². The highest BCUT2D eigenvalue weighted by atomic mass is 15.0. The van der Waals surface area contributed by atoms with Crippen LogP contribution in [0.25, 0.3) is 28.0 Å². The summed E-state index contributed by atoms with van der Waals surface area (Å²) in [4.78, 5) is 4.51. The van der Waals surface area contributed by atoms with Gasteiger partial charge in [0.1, 0.15) is 0 Å². The molecule has 2 heteroatoms. The predicted molar refractivity (Wildman–Crippen MR) is 86.5 cm³/mol. The summed E-state index contributed by atoms with van der Waals surface area (Å²) in [6.45, 7) is 0. The van der Waals surface area contributed by atoms with Crippen molar-refractivity contribution in [2.75, 3.05) is 0 Å². The van der Waals surface area contributed by atoms with Gasteiger partial charge in [0.25, 0.3) is 0 Å². The molecule has 21 heavy (non-hydrogen) atoms. The van der Waals surface area contributed by atoms with Crippen molar-refractivity contribution in [2.45, 2.75) is 0 Å². The minimum absolute atomic E-state index is 0.984. The van der Waals surface area contributed by atoms with Crippen LogP contribution in [0.15, 0.2) is 85.1 Å². The predicted octanol–water partition coefficient (Wildman–Crippen LogP) is 4.69. The molecular weight excluding hydrogens is 256 g/mol. The molecule has 0 spiro atoms. The molecule has 2 aromatic carbocycles. The van der Waals surface area contributed by atoms with Gasteiger partial charge in [-0.3, -0.25) is 4.98 Å². The molecule has 0 unspecified atom stereocenters. The quantitative estimate of drug-likeness (QED) is 0.516. The Morgan fingerprint density at radius 2 is 1.48 bits per heavy atom. The molecule has 4 aromatic rings. The molecule has 2 aromatic heterocycles. The minimum atomic E-state index is 0.984. The smallest absolute Gasteiger partial charge is 0.0870 e. The van der Waals surface area contributed by atoms with Gasteiger partial charge in [-0.05, 0) is 36.4 Å². The highest BCUT2D eigenvalue weighted by molar-refractivity contribution is 5.88. The van der Waals surface area contributed by atoms with E-state index in [2.05, 4.69) is 64.1 Å². The first-order valence-electron chi connectivity index (χ1n) is 7.01.